The minimum absolute atomic E-state index is 0.110. The summed E-state index contributed by atoms with van der Waals surface area (Å²) < 4.78 is 0. The zero-order chi connectivity index (χ0) is 13.7. The maximum absolute atomic E-state index is 10.5. The number of carboxylic acids is 2. The number of carbonyl (C=O) groups is 2. The van der Waals surface area contributed by atoms with Crippen molar-refractivity contribution in [2.75, 3.05) is 0 Å². The lowest BCUT2D eigenvalue weighted by atomic mass is 9.99. The molecule has 1 atom stereocenters. The molecule has 17 heavy (non-hydrogen) atoms. The van der Waals surface area contributed by atoms with Crippen LogP contribution in [0.1, 0.15) is 65.7 Å². The molecule has 0 aliphatic heterocycles. The third kappa shape index (κ3) is 14.9. The number of hydrogen-bond acceptors (Lipinski definition) is 2. The summed E-state index contributed by atoms with van der Waals surface area (Å²) in [5.41, 5.74) is 0. The van der Waals surface area contributed by atoms with Gasteiger partial charge in [0.05, 0.1) is 5.92 Å². The molecule has 1 unspecified atom stereocenters. The standard InChI is InChI=1S/C9H18O2.C4H8O2/c1-3-5-6-7-8(4-2)9(10)11;1-2-3-4(5)6/h8H,3-7H2,1-2H3,(H,10,11);2-3H2,1H3,(H,5,6). The molecule has 0 radical (unpaired) electrons. The van der Waals surface area contributed by atoms with Crippen LogP contribution in [0, 0.1) is 5.92 Å². The highest BCUT2D eigenvalue weighted by Crippen LogP contribution is 2.13. The molecule has 4 heteroatoms. The summed E-state index contributed by atoms with van der Waals surface area (Å²) >= 11 is 0. The first-order chi connectivity index (χ1) is 7.99. The zero-order valence-electron chi connectivity index (χ0n) is 11.2. The molecular weight excluding hydrogens is 220 g/mol. The Labute approximate surface area is 104 Å². The van der Waals surface area contributed by atoms with Crippen LogP contribution >= 0.6 is 0 Å². The largest absolute Gasteiger partial charge is 0.481 e. The highest BCUT2D eigenvalue weighted by Gasteiger charge is 2.13. The van der Waals surface area contributed by atoms with Crippen molar-refractivity contribution in [1.82, 2.24) is 0 Å². The SMILES string of the molecule is CCCC(=O)O.CCCCCC(CC)C(=O)O. The first-order valence-electron chi connectivity index (χ1n) is 6.44. The molecule has 0 saturated heterocycles. The van der Waals surface area contributed by atoms with Gasteiger partial charge in [-0.05, 0) is 19.3 Å². The lowest BCUT2D eigenvalue weighted by Gasteiger charge is -2.07. The lowest BCUT2D eigenvalue weighted by Crippen LogP contribution is -2.12. The van der Waals surface area contributed by atoms with Crippen molar-refractivity contribution in [1.29, 1.82) is 0 Å². The van der Waals surface area contributed by atoms with Gasteiger partial charge in [-0.2, -0.15) is 0 Å². The van der Waals surface area contributed by atoms with Crippen molar-refractivity contribution in [3.8, 4) is 0 Å². The minimum Gasteiger partial charge on any atom is -0.481 e. The van der Waals surface area contributed by atoms with E-state index in [9.17, 15) is 9.59 Å². The lowest BCUT2D eigenvalue weighted by molar-refractivity contribution is -0.142. The summed E-state index contributed by atoms with van der Waals surface area (Å²) in [5.74, 6) is -1.46. The van der Waals surface area contributed by atoms with Gasteiger partial charge in [-0.25, -0.2) is 0 Å². The summed E-state index contributed by atoms with van der Waals surface area (Å²) in [6, 6.07) is 0. The van der Waals surface area contributed by atoms with Gasteiger partial charge in [0.2, 0.25) is 0 Å². The second-order valence-electron chi connectivity index (χ2n) is 4.08. The van der Waals surface area contributed by atoms with Crippen LogP contribution in [0.2, 0.25) is 0 Å². The van der Waals surface area contributed by atoms with Gasteiger partial charge in [0.15, 0.2) is 0 Å². The highest BCUT2D eigenvalue weighted by atomic mass is 16.4. The second-order valence-corrected chi connectivity index (χ2v) is 4.08. The van der Waals surface area contributed by atoms with E-state index in [2.05, 4.69) is 6.92 Å². The molecule has 0 aliphatic carbocycles. The second kappa shape index (κ2) is 13.0. The Morgan fingerprint density at radius 1 is 1.00 bits per heavy atom. The predicted octanol–water partition coefficient (Wildman–Crippen LogP) is 3.55. The topological polar surface area (TPSA) is 74.6 Å². The summed E-state index contributed by atoms with van der Waals surface area (Å²) in [4.78, 5) is 20.1. The molecular formula is C13H26O4. The molecule has 0 aromatic carbocycles. The summed E-state index contributed by atoms with van der Waals surface area (Å²) in [5, 5.41) is 16.6. The number of hydrogen-bond donors (Lipinski definition) is 2. The van der Waals surface area contributed by atoms with Crippen LogP contribution in [0.15, 0.2) is 0 Å². The molecule has 0 amide bonds. The minimum atomic E-state index is -0.711. The fourth-order valence-electron chi connectivity index (χ4n) is 1.36. The molecule has 4 nitrogen and oxygen atoms in total. The van der Waals surface area contributed by atoms with E-state index in [1.54, 1.807) is 0 Å². The first-order valence-corrected chi connectivity index (χ1v) is 6.44. The van der Waals surface area contributed by atoms with Crippen LogP contribution in [-0.2, 0) is 9.59 Å². The van der Waals surface area contributed by atoms with Crippen LogP contribution in [-0.4, -0.2) is 22.2 Å². The van der Waals surface area contributed by atoms with Crippen molar-refractivity contribution in [2.24, 2.45) is 5.92 Å². The highest BCUT2D eigenvalue weighted by molar-refractivity contribution is 5.69. The molecule has 0 aromatic rings. The number of rotatable bonds is 8. The number of carboxylic acid groups (broad SMARTS) is 2. The summed E-state index contributed by atoms with van der Waals surface area (Å²) in [6.07, 6.45) is 6.01. The van der Waals surface area contributed by atoms with Crippen molar-refractivity contribution in [3.63, 3.8) is 0 Å². The average molecular weight is 246 g/mol. The first kappa shape index (κ1) is 18.3. The van der Waals surface area contributed by atoms with Gasteiger partial charge >= 0.3 is 11.9 Å². The van der Waals surface area contributed by atoms with Gasteiger partial charge in [0.25, 0.3) is 0 Å². The molecule has 0 aliphatic rings. The molecule has 0 rings (SSSR count). The van der Waals surface area contributed by atoms with E-state index >= 15 is 0 Å². The number of unbranched alkanes of at least 4 members (excludes halogenated alkanes) is 2. The van der Waals surface area contributed by atoms with E-state index in [-0.39, 0.29) is 5.92 Å². The van der Waals surface area contributed by atoms with Crippen LogP contribution in [0.5, 0.6) is 0 Å². The average Bonchev–Trinajstić information content (AvgIpc) is 2.24. The fraction of sp³-hybridized carbons (Fsp3) is 0.846. The fourth-order valence-corrected chi connectivity index (χ4v) is 1.36. The summed E-state index contributed by atoms with van der Waals surface area (Å²) in [7, 11) is 0. The molecule has 102 valence electrons. The van der Waals surface area contributed by atoms with E-state index < -0.39 is 11.9 Å². The third-order valence-electron chi connectivity index (χ3n) is 2.46. The van der Waals surface area contributed by atoms with Crippen molar-refractivity contribution in [3.05, 3.63) is 0 Å². The Bertz CT molecular complexity index is 202. The van der Waals surface area contributed by atoms with E-state index in [0.29, 0.717) is 6.42 Å². The van der Waals surface area contributed by atoms with Gasteiger partial charge < -0.3 is 10.2 Å². The van der Waals surface area contributed by atoms with E-state index in [0.717, 1.165) is 38.5 Å². The van der Waals surface area contributed by atoms with Crippen LogP contribution in [0.3, 0.4) is 0 Å². The Morgan fingerprint density at radius 2 is 1.59 bits per heavy atom. The Morgan fingerprint density at radius 3 is 1.82 bits per heavy atom. The smallest absolute Gasteiger partial charge is 0.306 e. The summed E-state index contributed by atoms with van der Waals surface area (Å²) in [6.45, 7) is 5.90. The van der Waals surface area contributed by atoms with Crippen LogP contribution < -0.4 is 0 Å². The molecule has 2 N–H and O–H groups in total. The van der Waals surface area contributed by atoms with Gasteiger partial charge in [0, 0.05) is 6.42 Å². The van der Waals surface area contributed by atoms with Gasteiger partial charge in [-0.15, -0.1) is 0 Å². The zero-order valence-corrected chi connectivity index (χ0v) is 11.2. The molecule has 0 spiro atoms. The Kier molecular flexibility index (Phi) is 14.0. The molecule has 0 bridgehead atoms. The monoisotopic (exact) mass is 246 g/mol. The number of aliphatic carboxylic acids is 2. The van der Waals surface area contributed by atoms with Crippen molar-refractivity contribution >= 4 is 11.9 Å². The van der Waals surface area contributed by atoms with E-state index in [4.69, 9.17) is 10.2 Å². The molecule has 0 aromatic heterocycles. The Balaban J connectivity index is 0. The Hall–Kier alpha value is -1.06. The molecule has 0 heterocycles. The van der Waals surface area contributed by atoms with Crippen LogP contribution in [0.25, 0.3) is 0 Å². The van der Waals surface area contributed by atoms with E-state index in [1.807, 2.05) is 13.8 Å². The normalized spacial score (nSPS) is 11.2. The molecule has 0 saturated carbocycles. The van der Waals surface area contributed by atoms with Crippen molar-refractivity contribution < 1.29 is 19.8 Å². The van der Waals surface area contributed by atoms with Crippen LogP contribution in [0.4, 0.5) is 0 Å². The third-order valence-corrected chi connectivity index (χ3v) is 2.46. The quantitative estimate of drug-likeness (QED) is 0.642. The van der Waals surface area contributed by atoms with Gasteiger partial charge in [-0.1, -0.05) is 40.0 Å². The van der Waals surface area contributed by atoms with Crippen molar-refractivity contribution in [2.45, 2.75) is 65.7 Å². The predicted molar refractivity (Wildman–Crippen MR) is 68.1 cm³/mol. The maximum Gasteiger partial charge on any atom is 0.306 e. The van der Waals surface area contributed by atoms with Gasteiger partial charge in [0.1, 0.15) is 0 Å². The maximum atomic E-state index is 10.5. The van der Waals surface area contributed by atoms with E-state index in [1.165, 1.54) is 0 Å². The van der Waals surface area contributed by atoms with Gasteiger partial charge in [-0.3, -0.25) is 9.59 Å². The molecule has 0 fully saturated rings.